The average Bonchev–Trinajstić information content (AvgIpc) is 2.69. The predicted octanol–water partition coefficient (Wildman–Crippen LogP) is 4.88. The highest BCUT2D eigenvalue weighted by Gasteiger charge is 2.10. The normalized spacial score (nSPS) is 10.7. The van der Waals surface area contributed by atoms with Crippen LogP contribution < -0.4 is 0 Å². The van der Waals surface area contributed by atoms with Crippen molar-refractivity contribution in [2.24, 2.45) is 0 Å². The van der Waals surface area contributed by atoms with Gasteiger partial charge < -0.3 is 0 Å². The minimum absolute atomic E-state index is 0.927. The quantitative estimate of drug-likeness (QED) is 0.534. The Hall–Kier alpha value is -3.40. The van der Waals surface area contributed by atoms with Crippen molar-refractivity contribution in [1.29, 1.82) is 0 Å². The van der Waals surface area contributed by atoms with E-state index in [0.29, 0.717) is 0 Å². The van der Waals surface area contributed by atoms with Crippen LogP contribution in [-0.2, 0) is 0 Å². The number of aryl methyl sites for hydroxylation is 2. The first-order valence-corrected chi connectivity index (χ1v) is 8.48. The fraction of sp³-hybridized carbons (Fsp3) is 0.0909. The summed E-state index contributed by atoms with van der Waals surface area (Å²) in [6, 6.07) is 14.1. The van der Waals surface area contributed by atoms with Crippen molar-refractivity contribution < 1.29 is 0 Å². The summed E-state index contributed by atoms with van der Waals surface area (Å²) in [6.07, 6.45) is 9.15. The van der Waals surface area contributed by atoms with Crippen LogP contribution in [0, 0.1) is 13.8 Å². The maximum absolute atomic E-state index is 4.68. The summed E-state index contributed by atoms with van der Waals surface area (Å²) >= 11 is 0. The van der Waals surface area contributed by atoms with Gasteiger partial charge in [-0.05, 0) is 61.4 Å². The molecule has 0 bridgehead atoms. The smallest absolute Gasteiger partial charge is 0.0747 e. The van der Waals surface area contributed by atoms with Gasteiger partial charge in [0.2, 0.25) is 0 Å². The molecule has 4 heterocycles. The molecular formula is C22H18N4. The summed E-state index contributed by atoms with van der Waals surface area (Å²) in [6.45, 7) is 4.13. The fourth-order valence-corrected chi connectivity index (χ4v) is 3.06. The van der Waals surface area contributed by atoms with Gasteiger partial charge in [-0.25, -0.2) is 0 Å². The number of hydrogen-bond acceptors (Lipinski definition) is 4. The molecule has 0 unspecified atom stereocenters. The molecule has 0 atom stereocenters. The zero-order valence-electron chi connectivity index (χ0n) is 14.7. The van der Waals surface area contributed by atoms with Gasteiger partial charge in [0.15, 0.2) is 0 Å². The minimum atomic E-state index is 0.927. The predicted molar refractivity (Wildman–Crippen MR) is 103 cm³/mol. The lowest BCUT2D eigenvalue weighted by molar-refractivity contribution is 1.21. The van der Waals surface area contributed by atoms with Crippen LogP contribution in [0.5, 0.6) is 0 Å². The first kappa shape index (κ1) is 16.1. The average molecular weight is 338 g/mol. The van der Waals surface area contributed by atoms with E-state index in [9.17, 15) is 0 Å². The van der Waals surface area contributed by atoms with E-state index in [1.807, 2.05) is 48.9 Å². The van der Waals surface area contributed by atoms with Crippen molar-refractivity contribution in [2.45, 2.75) is 13.8 Å². The van der Waals surface area contributed by atoms with Gasteiger partial charge in [-0.2, -0.15) is 0 Å². The largest absolute Gasteiger partial charge is 0.264 e. The Balaban J connectivity index is 1.71. The van der Waals surface area contributed by atoms with E-state index >= 15 is 0 Å². The molecule has 0 aliphatic heterocycles. The molecule has 126 valence electrons. The van der Waals surface area contributed by atoms with Crippen molar-refractivity contribution in [2.75, 3.05) is 0 Å². The van der Waals surface area contributed by atoms with Crippen molar-refractivity contribution >= 4 is 0 Å². The lowest BCUT2D eigenvalue weighted by Crippen LogP contribution is -1.95. The number of hydrogen-bond donors (Lipinski definition) is 0. The zero-order chi connectivity index (χ0) is 17.9. The van der Waals surface area contributed by atoms with Crippen LogP contribution in [-0.4, -0.2) is 19.9 Å². The van der Waals surface area contributed by atoms with Gasteiger partial charge in [-0.15, -0.1) is 0 Å². The molecule has 26 heavy (non-hydrogen) atoms. The molecule has 4 aromatic heterocycles. The standard InChI is InChI=1S/C22H18N4/c1-15-10-18(20-7-3-4-9-24-20)13-25-22(15)19-11-16(2)21(26-14-19)17-6-5-8-23-12-17/h3-14H,1-2H3. The highest BCUT2D eigenvalue weighted by atomic mass is 14.7. The summed E-state index contributed by atoms with van der Waals surface area (Å²) < 4.78 is 0. The summed E-state index contributed by atoms with van der Waals surface area (Å²) in [5, 5.41) is 0. The van der Waals surface area contributed by atoms with Crippen LogP contribution in [0.3, 0.4) is 0 Å². The third kappa shape index (κ3) is 3.09. The summed E-state index contributed by atoms with van der Waals surface area (Å²) in [4.78, 5) is 17.9. The highest BCUT2D eigenvalue weighted by molar-refractivity contribution is 5.71. The minimum Gasteiger partial charge on any atom is -0.264 e. The Bertz CT molecular complexity index is 1040. The molecule has 0 radical (unpaired) electrons. The van der Waals surface area contributed by atoms with E-state index in [4.69, 9.17) is 0 Å². The van der Waals surface area contributed by atoms with Crippen molar-refractivity contribution in [1.82, 2.24) is 19.9 Å². The fourth-order valence-electron chi connectivity index (χ4n) is 3.06. The molecule has 0 fully saturated rings. The van der Waals surface area contributed by atoms with Crippen LogP contribution in [0.1, 0.15) is 11.1 Å². The molecule has 4 aromatic rings. The van der Waals surface area contributed by atoms with Gasteiger partial charge in [0.1, 0.15) is 0 Å². The lowest BCUT2D eigenvalue weighted by Gasteiger charge is -2.10. The molecule has 0 saturated carbocycles. The Kier molecular flexibility index (Phi) is 4.23. The maximum Gasteiger partial charge on any atom is 0.0747 e. The second-order valence-electron chi connectivity index (χ2n) is 6.24. The van der Waals surface area contributed by atoms with Gasteiger partial charge in [0, 0.05) is 47.7 Å². The molecule has 0 spiro atoms. The topological polar surface area (TPSA) is 51.6 Å². The second-order valence-corrected chi connectivity index (χ2v) is 6.24. The van der Waals surface area contributed by atoms with Gasteiger partial charge in [-0.1, -0.05) is 6.07 Å². The number of pyridine rings is 4. The summed E-state index contributed by atoms with van der Waals surface area (Å²) in [5.74, 6) is 0. The SMILES string of the molecule is Cc1cc(-c2ccccn2)cnc1-c1cnc(-c2cccnc2)c(C)c1. The number of rotatable bonds is 3. The molecule has 4 rings (SSSR count). The van der Waals surface area contributed by atoms with E-state index < -0.39 is 0 Å². The Morgan fingerprint density at radius 3 is 2.00 bits per heavy atom. The van der Waals surface area contributed by atoms with Crippen molar-refractivity contribution in [3.63, 3.8) is 0 Å². The molecule has 0 aliphatic carbocycles. The van der Waals surface area contributed by atoms with E-state index in [1.165, 1.54) is 0 Å². The third-order valence-electron chi connectivity index (χ3n) is 4.33. The Labute approximate surface area is 152 Å². The van der Waals surface area contributed by atoms with Gasteiger partial charge >= 0.3 is 0 Å². The molecule has 0 N–H and O–H groups in total. The maximum atomic E-state index is 4.68. The number of aromatic nitrogens is 4. The molecule has 0 amide bonds. The summed E-state index contributed by atoms with van der Waals surface area (Å²) in [7, 11) is 0. The Morgan fingerprint density at radius 1 is 0.615 bits per heavy atom. The molecule has 0 aliphatic rings. The van der Waals surface area contributed by atoms with Crippen LogP contribution in [0.25, 0.3) is 33.8 Å². The molecule has 4 nitrogen and oxygen atoms in total. The monoisotopic (exact) mass is 338 g/mol. The van der Waals surface area contributed by atoms with Gasteiger partial charge in [0.05, 0.1) is 17.1 Å². The van der Waals surface area contributed by atoms with E-state index in [1.54, 1.807) is 12.4 Å². The Morgan fingerprint density at radius 2 is 1.35 bits per heavy atom. The third-order valence-corrected chi connectivity index (χ3v) is 4.33. The van der Waals surface area contributed by atoms with Crippen molar-refractivity contribution in [3.8, 4) is 33.8 Å². The van der Waals surface area contributed by atoms with Crippen molar-refractivity contribution in [3.05, 3.63) is 84.6 Å². The van der Waals surface area contributed by atoms with Crippen LogP contribution in [0.2, 0.25) is 0 Å². The van der Waals surface area contributed by atoms with Gasteiger partial charge in [-0.3, -0.25) is 19.9 Å². The molecule has 0 saturated heterocycles. The number of nitrogens with zero attached hydrogens (tertiary/aromatic N) is 4. The van der Waals surface area contributed by atoms with Crippen LogP contribution in [0.4, 0.5) is 0 Å². The molecule has 0 aromatic carbocycles. The van der Waals surface area contributed by atoms with E-state index in [0.717, 1.165) is 44.9 Å². The van der Waals surface area contributed by atoms with E-state index in [2.05, 4.69) is 45.9 Å². The van der Waals surface area contributed by atoms with Crippen LogP contribution >= 0.6 is 0 Å². The summed E-state index contributed by atoms with van der Waals surface area (Å²) in [5.41, 5.74) is 8.07. The second kappa shape index (κ2) is 6.84. The van der Waals surface area contributed by atoms with Gasteiger partial charge in [0.25, 0.3) is 0 Å². The zero-order valence-corrected chi connectivity index (χ0v) is 14.7. The van der Waals surface area contributed by atoms with Crippen LogP contribution in [0.15, 0.2) is 73.4 Å². The molecule has 4 heteroatoms. The van der Waals surface area contributed by atoms with E-state index in [-0.39, 0.29) is 0 Å². The molecular weight excluding hydrogens is 320 g/mol. The first-order valence-electron chi connectivity index (χ1n) is 8.48. The lowest BCUT2D eigenvalue weighted by atomic mass is 10.0. The first-order chi connectivity index (χ1) is 12.7. The highest BCUT2D eigenvalue weighted by Crippen LogP contribution is 2.28.